The number of hydrogen-bond donors (Lipinski definition) is 3. The molecule has 0 spiro atoms. The SMILES string of the molecule is COc1ccc(S(N)(=O)=O)cc1NC(=O)C1CCCCN1. The Morgan fingerprint density at radius 3 is 2.76 bits per heavy atom. The van der Waals surface area contributed by atoms with Crippen molar-refractivity contribution in [2.75, 3.05) is 19.0 Å². The highest BCUT2D eigenvalue weighted by atomic mass is 32.2. The number of methoxy groups -OCH3 is 1. The van der Waals surface area contributed by atoms with Gasteiger partial charge in [0.15, 0.2) is 0 Å². The van der Waals surface area contributed by atoms with E-state index in [0.717, 1.165) is 25.8 Å². The van der Waals surface area contributed by atoms with Gasteiger partial charge in [0.2, 0.25) is 15.9 Å². The molecule has 2 rings (SSSR count). The molecule has 1 unspecified atom stereocenters. The standard InChI is InChI=1S/C13H19N3O4S/c1-20-12-6-5-9(21(14,18)19)8-11(12)16-13(17)10-4-2-3-7-15-10/h5-6,8,10,15H,2-4,7H2,1H3,(H,16,17)(H2,14,18,19). The topological polar surface area (TPSA) is 111 Å². The Hall–Kier alpha value is -1.64. The molecule has 8 heteroatoms. The molecule has 21 heavy (non-hydrogen) atoms. The number of amides is 1. The van der Waals surface area contributed by atoms with Crippen LogP contribution in [0.1, 0.15) is 19.3 Å². The number of primary sulfonamides is 1. The van der Waals surface area contributed by atoms with Crippen LogP contribution >= 0.6 is 0 Å². The van der Waals surface area contributed by atoms with Gasteiger partial charge in [0.25, 0.3) is 0 Å². The van der Waals surface area contributed by atoms with Crippen molar-refractivity contribution in [1.29, 1.82) is 0 Å². The Kier molecular flexibility index (Phi) is 4.81. The van der Waals surface area contributed by atoms with Gasteiger partial charge < -0.3 is 15.4 Å². The molecule has 1 atom stereocenters. The predicted octanol–water partition coefficient (Wildman–Crippen LogP) is 0.423. The molecule has 1 aromatic rings. The molecule has 0 saturated carbocycles. The van der Waals surface area contributed by atoms with Crippen LogP contribution < -0.4 is 20.5 Å². The average Bonchev–Trinajstić information content (AvgIpc) is 2.47. The smallest absolute Gasteiger partial charge is 0.241 e. The van der Waals surface area contributed by atoms with Gasteiger partial charge in [-0.05, 0) is 37.6 Å². The molecule has 1 aromatic carbocycles. The lowest BCUT2D eigenvalue weighted by Crippen LogP contribution is -2.43. The molecule has 116 valence electrons. The Labute approximate surface area is 123 Å². The molecule has 0 aromatic heterocycles. The van der Waals surface area contributed by atoms with Crippen molar-refractivity contribution in [3.8, 4) is 5.75 Å². The number of benzene rings is 1. The normalized spacial score (nSPS) is 19.0. The van der Waals surface area contributed by atoms with Crippen molar-refractivity contribution in [2.24, 2.45) is 5.14 Å². The number of nitrogens with two attached hydrogens (primary N) is 1. The lowest BCUT2D eigenvalue weighted by Gasteiger charge is -2.23. The number of nitrogens with one attached hydrogen (secondary N) is 2. The monoisotopic (exact) mass is 313 g/mol. The Morgan fingerprint density at radius 2 is 2.19 bits per heavy atom. The van der Waals surface area contributed by atoms with Gasteiger partial charge in [-0.3, -0.25) is 4.79 Å². The lowest BCUT2D eigenvalue weighted by atomic mass is 10.0. The van der Waals surface area contributed by atoms with E-state index in [1.807, 2.05) is 0 Å². The van der Waals surface area contributed by atoms with Crippen LogP contribution in [-0.4, -0.2) is 34.0 Å². The summed E-state index contributed by atoms with van der Waals surface area (Å²) in [6.45, 7) is 0.798. The van der Waals surface area contributed by atoms with E-state index >= 15 is 0 Å². The van der Waals surface area contributed by atoms with E-state index in [4.69, 9.17) is 9.88 Å². The number of sulfonamides is 1. The van der Waals surface area contributed by atoms with Crippen molar-refractivity contribution in [3.63, 3.8) is 0 Å². The second-order valence-electron chi connectivity index (χ2n) is 4.90. The minimum Gasteiger partial charge on any atom is -0.495 e. The van der Waals surface area contributed by atoms with Gasteiger partial charge in [-0.2, -0.15) is 0 Å². The van der Waals surface area contributed by atoms with Crippen molar-refractivity contribution < 1.29 is 17.9 Å². The van der Waals surface area contributed by atoms with Crippen molar-refractivity contribution in [3.05, 3.63) is 18.2 Å². The Morgan fingerprint density at radius 1 is 1.43 bits per heavy atom. The molecule has 0 radical (unpaired) electrons. The van der Waals surface area contributed by atoms with Gasteiger partial charge in [-0.25, -0.2) is 13.6 Å². The highest BCUT2D eigenvalue weighted by Gasteiger charge is 2.22. The fourth-order valence-electron chi connectivity index (χ4n) is 2.26. The second kappa shape index (κ2) is 6.42. The molecule has 0 aliphatic carbocycles. The number of anilines is 1. The summed E-state index contributed by atoms with van der Waals surface area (Å²) in [6.07, 6.45) is 2.79. The minimum atomic E-state index is -3.83. The molecule has 7 nitrogen and oxygen atoms in total. The second-order valence-corrected chi connectivity index (χ2v) is 6.46. The first-order valence-corrected chi connectivity index (χ1v) is 8.21. The predicted molar refractivity (Wildman–Crippen MR) is 78.6 cm³/mol. The molecule has 1 saturated heterocycles. The largest absolute Gasteiger partial charge is 0.495 e. The summed E-state index contributed by atoms with van der Waals surface area (Å²) < 4.78 is 27.9. The maximum absolute atomic E-state index is 12.2. The van der Waals surface area contributed by atoms with Crippen LogP contribution in [0, 0.1) is 0 Å². The van der Waals surface area contributed by atoms with Crippen LogP contribution in [0.4, 0.5) is 5.69 Å². The van der Waals surface area contributed by atoms with Gasteiger partial charge in [-0.15, -0.1) is 0 Å². The number of hydrogen-bond acceptors (Lipinski definition) is 5. The summed E-state index contributed by atoms with van der Waals surface area (Å²) in [4.78, 5) is 12.1. The van der Waals surface area contributed by atoms with Crippen LogP contribution in [0.25, 0.3) is 0 Å². The summed E-state index contributed by atoms with van der Waals surface area (Å²) in [7, 11) is -2.39. The third-order valence-electron chi connectivity index (χ3n) is 3.38. The van der Waals surface area contributed by atoms with E-state index in [-0.39, 0.29) is 16.8 Å². The number of carbonyl (C=O) groups excluding carboxylic acids is 1. The van der Waals surface area contributed by atoms with Crippen LogP contribution in [0.3, 0.4) is 0 Å². The maximum Gasteiger partial charge on any atom is 0.241 e. The van der Waals surface area contributed by atoms with Crippen LogP contribution in [0.15, 0.2) is 23.1 Å². The first-order valence-electron chi connectivity index (χ1n) is 6.67. The van der Waals surface area contributed by atoms with E-state index in [9.17, 15) is 13.2 Å². The third kappa shape index (κ3) is 3.93. The van der Waals surface area contributed by atoms with Gasteiger partial charge in [0.1, 0.15) is 5.75 Å². The van der Waals surface area contributed by atoms with Gasteiger partial charge in [0, 0.05) is 0 Å². The van der Waals surface area contributed by atoms with Gasteiger partial charge in [0.05, 0.1) is 23.7 Å². The molecular weight excluding hydrogens is 294 g/mol. The molecular formula is C13H19N3O4S. The molecule has 1 aliphatic rings. The van der Waals surface area contributed by atoms with Crippen LogP contribution in [0.2, 0.25) is 0 Å². The van der Waals surface area contributed by atoms with E-state index in [1.54, 1.807) is 0 Å². The average molecular weight is 313 g/mol. The van der Waals surface area contributed by atoms with Gasteiger partial charge >= 0.3 is 0 Å². The van der Waals surface area contributed by atoms with E-state index in [1.165, 1.54) is 25.3 Å². The van der Waals surface area contributed by atoms with Gasteiger partial charge in [-0.1, -0.05) is 6.42 Å². The van der Waals surface area contributed by atoms with Crippen molar-refractivity contribution in [1.82, 2.24) is 5.32 Å². The molecule has 1 aliphatic heterocycles. The number of piperidine rings is 1. The number of carbonyl (C=O) groups is 1. The minimum absolute atomic E-state index is 0.0739. The maximum atomic E-state index is 12.2. The molecule has 1 fully saturated rings. The van der Waals surface area contributed by atoms with E-state index in [2.05, 4.69) is 10.6 Å². The van der Waals surface area contributed by atoms with E-state index in [0.29, 0.717) is 11.4 Å². The van der Waals surface area contributed by atoms with Crippen LogP contribution in [-0.2, 0) is 14.8 Å². The quantitative estimate of drug-likeness (QED) is 0.746. The van der Waals surface area contributed by atoms with Crippen molar-refractivity contribution in [2.45, 2.75) is 30.2 Å². The highest BCUT2D eigenvalue weighted by molar-refractivity contribution is 7.89. The number of ether oxygens (including phenoxy) is 1. The first kappa shape index (κ1) is 15.7. The van der Waals surface area contributed by atoms with E-state index < -0.39 is 10.0 Å². The first-order chi connectivity index (χ1) is 9.91. The zero-order valence-electron chi connectivity index (χ0n) is 11.8. The number of rotatable bonds is 4. The lowest BCUT2D eigenvalue weighted by molar-refractivity contribution is -0.118. The summed E-state index contributed by atoms with van der Waals surface area (Å²) in [6, 6.07) is 3.82. The molecule has 4 N–H and O–H groups in total. The highest BCUT2D eigenvalue weighted by Crippen LogP contribution is 2.27. The summed E-state index contributed by atoms with van der Waals surface area (Å²) in [5.41, 5.74) is 0.293. The Balaban J connectivity index is 2.22. The molecule has 0 bridgehead atoms. The fraction of sp³-hybridized carbons (Fsp3) is 0.462. The zero-order valence-corrected chi connectivity index (χ0v) is 12.6. The van der Waals surface area contributed by atoms with Crippen molar-refractivity contribution >= 4 is 21.6 Å². The zero-order chi connectivity index (χ0) is 15.5. The molecule has 1 amide bonds. The Bertz CT molecular complexity index is 624. The fourth-order valence-corrected chi connectivity index (χ4v) is 2.80. The van der Waals surface area contributed by atoms with Crippen LogP contribution in [0.5, 0.6) is 5.75 Å². The third-order valence-corrected chi connectivity index (χ3v) is 4.30. The summed E-state index contributed by atoms with van der Waals surface area (Å²) >= 11 is 0. The molecule has 1 heterocycles. The summed E-state index contributed by atoms with van der Waals surface area (Å²) in [5, 5.41) is 10.9. The summed E-state index contributed by atoms with van der Waals surface area (Å²) in [5.74, 6) is 0.172.